The summed E-state index contributed by atoms with van der Waals surface area (Å²) in [6, 6.07) is 1.47. The quantitative estimate of drug-likeness (QED) is 0.776. The highest BCUT2D eigenvalue weighted by Gasteiger charge is 2.53. The van der Waals surface area contributed by atoms with Crippen LogP contribution >= 0.6 is 0 Å². The number of hydrogen-bond donors (Lipinski definition) is 3. The third-order valence-electron chi connectivity index (χ3n) is 5.66. The van der Waals surface area contributed by atoms with Crippen molar-refractivity contribution in [3.05, 3.63) is 23.5 Å². The van der Waals surface area contributed by atoms with Crippen molar-refractivity contribution < 1.29 is 19.4 Å². The number of rotatable bonds is 4. The second-order valence-electron chi connectivity index (χ2n) is 7.57. The molecule has 2 heterocycles. The number of carbonyl (C=O) groups excluding carboxylic acids is 1. The van der Waals surface area contributed by atoms with Gasteiger partial charge < -0.3 is 20.5 Å². The monoisotopic (exact) mass is 347 g/mol. The molecule has 1 aliphatic carbocycles. The van der Waals surface area contributed by atoms with Gasteiger partial charge >= 0.3 is 12.0 Å². The molecule has 1 saturated carbocycles. The van der Waals surface area contributed by atoms with E-state index in [0.29, 0.717) is 25.3 Å². The highest BCUT2D eigenvalue weighted by Crippen LogP contribution is 2.52. The molecule has 3 atom stereocenters. The first-order chi connectivity index (χ1) is 11.8. The summed E-state index contributed by atoms with van der Waals surface area (Å²) in [4.78, 5) is 27.9. The van der Waals surface area contributed by atoms with Gasteiger partial charge in [-0.15, -0.1) is 0 Å². The summed E-state index contributed by atoms with van der Waals surface area (Å²) in [6.45, 7) is 7.01. The van der Waals surface area contributed by atoms with Crippen LogP contribution in [0.2, 0.25) is 0 Å². The molecule has 0 saturated heterocycles. The largest absolute Gasteiger partial charge is 0.481 e. The number of anilines is 1. The average molecular weight is 347 g/mol. The predicted molar refractivity (Wildman–Crippen MR) is 92.2 cm³/mol. The summed E-state index contributed by atoms with van der Waals surface area (Å²) in [5, 5.41) is 15.0. The average Bonchev–Trinajstić information content (AvgIpc) is 2.53. The van der Waals surface area contributed by atoms with Crippen LogP contribution in [-0.4, -0.2) is 34.7 Å². The van der Waals surface area contributed by atoms with Crippen molar-refractivity contribution in [1.29, 1.82) is 0 Å². The topological polar surface area (TPSA) is 101 Å². The van der Waals surface area contributed by atoms with Gasteiger partial charge in [0.15, 0.2) is 0 Å². The van der Waals surface area contributed by atoms with E-state index in [0.717, 1.165) is 17.7 Å². The number of hydrogen-bond acceptors (Lipinski definition) is 4. The lowest BCUT2D eigenvalue weighted by atomic mass is 9.53. The molecule has 2 amide bonds. The zero-order chi connectivity index (χ0) is 18.2. The number of aliphatic carboxylic acids is 1. The Morgan fingerprint density at radius 2 is 2.20 bits per heavy atom. The van der Waals surface area contributed by atoms with E-state index in [9.17, 15) is 14.7 Å². The van der Waals surface area contributed by atoms with Crippen LogP contribution in [0.3, 0.4) is 0 Å². The molecule has 7 nitrogen and oxygen atoms in total. The normalized spacial score (nSPS) is 25.2. The Bertz CT molecular complexity index is 689. The van der Waals surface area contributed by atoms with Gasteiger partial charge in [-0.25, -0.2) is 4.79 Å². The molecule has 3 N–H and O–H groups in total. The number of amides is 2. The summed E-state index contributed by atoms with van der Waals surface area (Å²) in [5.41, 5.74) is 2.32. The molecule has 1 unspecified atom stereocenters. The summed E-state index contributed by atoms with van der Waals surface area (Å²) >= 11 is 0. The Labute approximate surface area is 147 Å². The van der Waals surface area contributed by atoms with E-state index < -0.39 is 5.97 Å². The first kappa shape index (κ1) is 17.7. The molecule has 25 heavy (non-hydrogen) atoms. The van der Waals surface area contributed by atoms with Gasteiger partial charge in [0, 0.05) is 23.7 Å². The van der Waals surface area contributed by atoms with E-state index in [4.69, 9.17) is 4.74 Å². The van der Waals surface area contributed by atoms with Crippen LogP contribution < -0.4 is 10.6 Å². The van der Waals surface area contributed by atoms with Crippen LogP contribution in [0.4, 0.5) is 10.5 Å². The third kappa shape index (κ3) is 3.46. The molecule has 0 aromatic carbocycles. The van der Waals surface area contributed by atoms with E-state index in [1.54, 1.807) is 6.20 Å². The first-order valence-corrected chi connectivity index (χ1v) is 8.65. The van der Waals surface area contributed by atoms with Crippen molar-refractivity contribution in [1.82, 2.24) is 10.3 Å². The minimum Gasteiger partial charge on any atom is -0.481 e. The highest BCUT2D eigenvalue weighted by atomic mass is 16.5. The predicted octanol–water partition coefficient (Wildman–Crippen LogP) is 2.41. The van der Waals surface area contributed by atoms with E-state index >= 15 is 0 Å². The number of nitrogens with zero attached hydrogens (tertiary/aromatic N) is 1. The lowest BCUT2D eigenvalue weighted by molar-refractivity contribution is -0.160. The van der Waals surface area contributed by atoms with Crippen LogP contribution in [0.5, 0.6) is 0 Å². The molecule has 0 spiro atoms. The summed E-state index contributed by atoms with van der Waals surface area (Å²) < 4.78 is 5.41. The van der Waals surface area contributed by atoms with Crippen molar-refractivity contribution in [3.8, 4) is 0 Å². The van der Waals surface area contributed by atoms with Gasteiger partial charge in [0.25, 0.3) is 0 Å². The summed E-state index contributed by atoms with van der Waals surface area (Å²) in [7, 11) is 0. The van der Waals surface area contributed by atoms with Gasteiger partial charge in [-0.1, -0.05) is 13.8 Å². The van der Waals surface area contributed by atoms with Crippen LogP contribution in [0.25, 0.3) is 0 Å². The Hall–Kier alpha value is -2.15. The minimum atomic E-state index is -0.764. The number of aromatic nitrogens is 1. The molecule has 7 heteroatoms. The number of carboxylic acids is 1. The first-order valence-electron chi connectivity index (χ1n) is 8.65. The van der Waals surface area contributed by atoms with Crippen molar-refractivity contribution in [3.63, 3.8) is 0 Å². The zero-order valence-corrected chi connectivity index (χ0v) is 14.8. The van der Waals surface area contributed by atoms with Crippen LogP contribution in [0.1, 0.15) is 38.4 Å². The van der Waals surface area contributed by atoms with Gasteiger partial charge in [0.05, 0.1) is 31.0 Å². The Morgan fingerprint density at radius 1 is 1.44 bits per heavy atom. The lowest BCUT2D eigenvalue weighted by Gasteiger charge is -2.52. The lowest BCUT2D eigenvalue weighted by Crippen LogP contribution is -2.57. The van der Waals surface area contributed by atoms with Crippen molar-refractivity contribution in [2.24, 2.45) is 17.3 Å². The maximum Gasteiger partial charge on any atom is 0.319 e. The SMILES string of the molecule is CC(NC(=O)Nc1cnc2c(c1)COCC2)[C@@H]1C[C@H](C(=O)O)C1(C)C. The standard InChI is InChI=1S/C18H25N3O4/c1-10(13-7-14(16(22)23)18(13,2)3)20-17(24)21-12-6-11-9-25-5-4-15(11)19-8-12/h6,8,10,13-14H,4-5,7,9H2,1-3H3,(H,22,23)(H2,20,21,24)/t10?,13-,14+/m0/s1. The summed E-state index contributed by atoms with van der Waals surface area (Å²) in [5.74, 6) is -0.982. The number of nitrogens with one attached hydrogen (secondary N) is 2. The molecule has 1 aromatic rings. The second kappa shape index (κ2) is 6.63. The van der Waals surface area contributed by atoms with Crippen molar-refractivity contribution in [2.75, 3.05) is 11.9 Å². The molecular weight excluding hydrogens is 322 g/mol. The molecule has 1 aliphatic heterocycles. The van der Waals surface area contributed by atoms with Crippen molar-refractivity contribution >= 4 is 17.7 Å². The van der Waals surface area contributed by atoms with Crippen LogP contribution in [0, 0.1) is 17.3 Å². The summed E-state index contributed by atoms with van der Waals surface area (Å²) in [6.07, 6.45) is 3.03. The Morgan fingerprint density at radius 3 is 2.88 bits per heavy atom. The number of carboxylic acid groups (broad SMARTS) is 1. The third-order valence-corrected chi connectivity index (χ3v) is 5.66. The fourth-order valence-corrected chi connectivity index (χ4v) is 4.01. The van der Waals surface area contributed by atoms with Gasteiger partial charge in [-0.3, -0.25) is 9.78 Å². The van der Waals surface area contributed by atoms with Crippen LogP contribution in [-0.2, 0) is 22.6 Å². The highest BCUT2D eigenvalue weighted by molar-refractivity contribution is 5.89. The van der Waals surface area contributed by atoms with Crippen LogP contribution in [0.15, 0.2) is 12.3 Å². The van der Waals surface area contributed by atoms with Crippen molar-refractivity contribution in [2.45, 2.75) is 46.3 Å². The molecule has 136 valence electrons. The number of carbonyl (C=O) groups is 2. The molecule has 2 aliphatic rings. The Balaban J connectivity index is 1.57. The molecule has 0 radical (unpaired) electrons. The fourth-order valence-electron chi connectivity index (χ4n) is 4.01. The zero-order valence-electron chi connectivity index (χ0n) is 14.8. The number of ether oxygens (including phenoxy) is 1. The number of pyridine rings is 1. The fraction of sp³-hybridized carbons (Fsp3) is 0.611. The molecule has 3 rings (SSSR count). The van der Waals surface area contributed by atoms with E-state index in [1.807, 2.05) is 26.8 Å². The molecule has 1 fully saturated rings. The Kier molecular flexibility index (Phi) is 4.69. The second-order valence-corrected chi connectivity index (χ2v) is 7.57. The van der Waals surface area contributed by atoms with Gasteiger partial charge in [-0.05, 0) is 30.7 Å². The van der Waals surface area contributed by atoms with E-state index in [1.165, 1.54) is 0 Å². The molecule has 0 bridgehead atoms. The molecular formula is C18H25N3O4. The maximum atomic E-state index is 12.3. The van der Waals surface area contributed by atoms with Gasteiger partial charge in [-0.2, -0.15) is 0 Å². The minimum absolute atomic E-state index is 0.112. The number of urea groups is 1. The molecule has 1 aromatic heterocycles. The van der Waals surface area contributed by atoms with E-state index in [-0.39, 0.29) is 29.3 Å². The van der Waals surface area contributed by atoms with Gasteiger partial charge in [0.1, 0.15) is 0 Å². The van der Waals surface area contributed by atoms with E-state index in [2.05, 4.69) is 15.6 Å². The number of fused-ring (bicyclic) bond motifs is 1. The maximum absolute atomic E-state index is 12.3. The smallest absolute Gasteiger partial charge is 0.319 e. The van der Waals surface area contributed by atoms with Gasteiger partial charge in [0.2, 0.25) is 0 Å².